The van der Waals surface area contributed by atoms with Crippen LogP contribution in [-0.4, -0.2) is 30.1 Å². The predicted molar refractivity (Wildman–Crippen MR) is 75.6 cm³/mol. The first kappa shape index (κ1) is 13.1. The van der Waals surface area contributed by atoms with Gasteiger partial charge in [-0.2, -0.15) is 0 Å². The van der Waals surface area contributed by atoms with Crippen LogP contribution < -0.4 is 5.32 Å². The Labute approximate surface area is 115 Å². The van der Waals surface area contributed by atoms with E-state index in [9.17, 15) is 4.39 Å². The van der Waals surface area contributed by atoms with Gasteiger partial charge in [0.15, 0.2) is 0 Å². The van der Waals surface area contributed by atoms with Gasteiger partial charge in [0.1, 0.15) is 5.82 Å². The predicted octanol–water partition coefficient (Wildman–Crippen LogP) is 3.10. The minimum Gasteiger partial charge on any atom is -0.306 e. The van der Waals surface area contributed by atoms with Crippen molar-refractivity contribution in [2.75, 3.05) is 13.1 Å². The Kier molecular flexibility index (Phi) is 3.85. The van der Waals surface area contributed by atoms with Gasteiger partial charge in [-0.05, 0) is 50.4 Å². The highest BCUT2D eigenvalue weighted by atomic mass is 19.1. The first-order chi connectivity index (χ1) is 9.24. The second-order valence-corrected chi connectivity index (χ2v) is 5.93. The number of nitrogens with one attached hydrogen (secondary N) is 1. The molecule has 0 aromatic heterocycles. The third kappa shape index (κ3) is 2.82. The average Bonchev–Trinajstić information content (AvgIpc) is 2.83. The fraction of sp³-hybridized carbons (Fsp3) is 0.625. The number of halogens is 1. The van der Waals surface area contributed by atoms with E-state index < -0.39 is 0 Å². The van der Waals surface area contributed by atoms with E-state index in [-0.39, 0.29) is 5.82 Å². The summed E-state index contributed by atoms with van der Waals surface area (Å²) >= 11 is 0. The van der Waals surface area contributed by atoms with E-state index in [1.807, 2.05) is 12.1 Å². The molecule has 2 saturated heterocycles. The Morgan fingerprint density at radius 3 is 2.74 bits per heavy atom. The van der Waals surface area contributed by atoms with Crippen LogP contribution in [-0.2, 0) is 0 Å². The van der Waals surface area contributed by atoms with Gasteiger partial charge in [0.25, 0.3) is 0 Å². The topological polar surface area (TPSA) is 15.3 Å². The largest absolute Gasteiger partial charge is 0.306 e. The van der Waals surface area contributed by atoms with Crippen molar-refractivity contribution in [3.63, 3.8) is 0 Å². The maximum atomic E-state index is 12.9. The van der Waals surface area contributed by atoms with Crippen molar-refractivity contribution in [3.8, 4) is 0 Å². The second-order valence-electron chi connectivity index (χ2n) is 5.93. The Hall–Kier alpha value is -0.930. The Morgan fingerprint density at radius 2 is 1.95 bits per heavy atom. The summed E-state index contributed by atoms with van der Waals surface area (Å²) in [5.41, 5.74) is 1.18. The summed E-state index contributed by atoms with van der Waals surface area (Å²) in [6, 6.07) is 8.50. The lowest BCUT2D eigenvalue weighted by atomic mass is 9.97. The molecule has 2 nitrogen and oxygen atoms in total. The first-order valence-corrected chi connectivity index (χ1v) is 7.49. The highest BCUT2D eigenvalue weighted by Crippen LogP contribution is 2.28. The number of piperidine rings is 1. The molecule has 2 aliphatic rings. The molecule has 2 fully saturated rings. The molecule has 0 aliphatic carbocycles. The summed E-state index contributed by atoms with van der Waals surface area (Å²) in [7, 11) is 0. The van der Waals surface area contributed by atoms with Gasteiger partial charge in [-0.15, -0.1) is 0 Å². The highest BCUT2D eigenvalue weighted by Gasteiger charge is 2.35. The smallest absolute Gasteiger partial charge is 0.123 e. The lowest BCUT2D eigenvalue weighted by molar-refractivity contribution is 0.177. The molecular formula is C16H23FN2. The van der Waals surface area contributed by atoms with Gasteiger partial charge in [-0.1, -0.05) is 18.6 Å². The molecule has 3 heteroatoms. The summed E-state index contributed by atoms with van der Waals surface area (Å²) in [5, 5.41) is 3.75. The molecule has 3 unspecified atom stereocenters. The van der Waals surface area contributed by atoms with E-state index in [1.165, 1.54) is 44.3 Å². The third-order valence-corrected chi connectivity index (χ3v) is 4.69. The van der Waals surface area contributed by atoms with Crippen molar-refractivity contribution in [2.24, 2.45) is 0 Å². The third-order valence-electron chi connectivity index (χ3n) is 4.69. The Morgan fingerprint density at radius 1 is 1.16 bits per heavy atom. The summed E-state index contributed by atoms with van der Waals surface area (Å²) in [4.78, 5) is 2.64. The lowest BCUT2D eigenvalue weighted by Gasteiger charge is -2.34. The lowest BCUT2D eigenvalue weighted by Crippen LogP contribution is -2.45. The minimum atomic E-state index is -0.157. The Balaban J connectivity index is 1.63. The van der Waals surface area contributed by atoms with Gasteiger partial charge < -0.3 is 5.32 Å². The molecule has 2 aliphatic heterocycles. The van der Waals surface area contributed by atoms with E-state index in [0.29, 0.717) is 12.1 Å². The van der Waals surface area contributed by atoms with Crippen molar-refractivity contribution in [1.82, 2.24) is 10.2 Å². The average molecular weight is 262 g/mol. The molecule has 1 N–H and O–H groups in total. The van der Waals surface area contributed by atoms with E-state index >= 15 is 0 Å². The number of hydrogen-bond donors (Lipinski definition) is 1. The van der Waals surface area contributed by atoms with Crippen molar-refractivity contribution >= 4 is 0 Å². The molecule has 2 heterocycles. The summed E-state index contributed by atoms with van der Waals surface area (Å²) in [6.07, 6.45) is 5.30. The summed E-state index contributed by atoms with van der Waals surface area (Å²) < 4.78 is 12.9. The molecular weight excluding hydrogens is 239 g/mol. The Bertz CT molecular complexity index is 417. The number of fused-ring (bicyclic) bond motifs is 1. The SMILES string of the molecule is CC(NC1CCN2CCCCC12)c1ccc(F)cc1. The molecule has 3 rings (SSSR count). The van der Waals surface area contributed by atoms with Crippen LogP contribution in [0, 0.1) is 5.82 Å². The number of nitrogens with zero attached hydrogens (tertiary/aromatic N) is 1. The van der Waals surface area contributed by atoms with E-state index in [2.05, 4.69) is 17.1 Å². The number of rotatable bonds is 3. The normalized spacial score (nSPS) is 29.2. The molecule has 0 radical (unpaired) electrons. The molecule has 104 valence electrons. The van der Waals surface area contributed by atoms with Crippen molar-refractivity contribution in [2.45, 2.75) is 50.7 Å². The van der Waals surface area contributed by atoms with Gasteiger partial charge in [0, 0.05) is 24.7 Å². The summed E-state index contributed by atoms with van der Waals surface area (Å²) in [6.45, 7) is 4.69. The van der Waals surface area contributed by atoms with E-state index in [0.717, 1.165) is 6.04 Å². The standard InChI is InChI=1S/C16H23FN2/c1-12(13-5-7-14(17)8-6-13)18-15-9-11-19-10-3-2-4-16(15)19/h5-8,12,15-16,18H,2-4,9-11H2,1H3. The van der Waals surface area contributed by atoms with Gasteiger partial charge >= 0.3 is 0 Å². The monoisotopic (exact) mass is 262 g/mol. The van der Waals surface area contributed by atoms with Gasteiger partial charge in [0.05, 0.1) is 0 Å². The second kappa shape index (κ2) is 5.59. The zero-order chi connectivity index (χ0) is 13.2. The molecule has 0 bridgehead atoms. The van der Waals surface area contributed by atoms with E-state index in [4.69, 9.17) is 0 Å². The van der Waals surface area contributed by atoms with Crippen molar-refractivity contribution in [1.29, 1.82) is 0 Å². The molecule has 1 aromatic carbocycles. The maximum absolute atomic E-state index is 12.9. The van der Waals surface area contributed by atoms with Crippen LogP contribution >= 0.6 is 0 Å². The molecule has 0 amide bonds. The number of benzene rings is 1. The fourth-order valence-electron chi connectivity index (χ4n) is 3.61. The fourth-order valence-corrected chi connectivity index (χ4v) is 3.61. The quantitative estimate of drug-likeness (QED) is 0.900. The van der Waals surface area contributed by atoms with Crippen LogP contribution in [0.3, 0.4) is 0 Å². The van der Waals surface area contributed by atoms with Gasteiger partial charge in [0.2, 0.25) is 0 Å². The van der Waals surface area contributed by atoms with Crippen LogP contribution in [0.4, 0.5) is 4.39 Å². The van der Waals surface area contributed by atoms with Crippen molar-refractivity contribution in [3.05, 3.63) is 35.6 Å². The van der Waals surface area contributed by atoms with Crippen LogP contribution in [0.5, 0.6) is 0 Å². The zero-order valence-corrected chi connectivity index (χ0v) is 11.6. The van der Waals surface area contributed by atoms with E-state index in [1.54, 1.807) is 12.1 Å². The molecule has 3 atom stereocenters. The highest BCUT2D eigenvalue weighted by molar-refractivity contribution is 5.19. The molecule has 0 saturated carbocycles. The van der Waals surface area contributed by atoms with Gasteiger partial charge in [-0.3, -0.25) is 4.90 Å². The molecule has 0 spiro atoms. The van der Waals surface area contributed by atoms with Crippen LogP contribution in [0.15, 0.2) is 24.3 Å². The van der Waals surface area contributed by atoms with Gasteiger partial charge in [-0.25, -0.2) is 4.39 Å². The first-order valence-electron chi connectivity index (χ1n) is 7.49. The van der Waals surface area contributed by atoms with Crippen LogP contribution in [0.25, 0.3) is 0 Å². The molecule has 1 aromatic rings. The maximum Gasteiger partial charge on any atom is 0.123 e. The van der Waals surface area contributed by atoms with Crippen LogP contribution in [0.1, 0.15) is 44.2 Å². The zero-order valence-electron chi connectivity index (χ0n) is 11.6. The van der Waals surface area contributed by atoms with Crippen molar-refractivity contribution < 1.29 is 4.39 Å². The molecule has 19 heavy (non-hydrogen) atoms. The minimum absolute atomic E-state index is 0.157. The number of hydrogen-bond acceptors (Lipinski definition) is 2. The summed E-state index contributed by atoms with van der Waals surface area (Å²) in [5.74, 6) is -0.157. The van der Waals surface area contributed by atoms with Crippen LogP contribution in [0.2, 0.25) is 0 Å².